The van der Waals surface area contributed by atoms with Gasteiger partial charge < -0.3 is 15.1 Å². The molecule has 0 aliphatic carbocycles. The highest BCUT2D eigenvalue weighted by Gasteiger charge is 2.09. The molecule has 1 heterocycles. The third kappa shape index (κ3) is 4.92. The van der Waals surface area contributed by atoms with Gasteiger partial charge in [0, 0.05) is 44.6 Å². The minimum atomic E-state index is 0.651. The van der Waals surface area contributed by atoms with Crippen LogP contribution in [0.15, 0.2) is 18.3 Å². The Morgan fingerprint density at radius 3 is 2.56 bits per heavy atom. The largest absolute Gasteiger partial charge is 0.373 e. The fraction of sp³-hybridized carbons (Fsp3) is 0.643. The summed E-state index contributed by atoms with van der Waals surface area (Å²) < 4.78 is 0. The van der Waals surface area contributed by atoms with E-state index in [4.69, 9.17) is 0 Å². The zero-order valence-corrected chi connectivity index (χ0v) is 12.3. The lowest BCUT2D eigenvalue weighted by atomic mass is 10.2. The summed E-state index contributed by atoms with van der Waals surface area (Å²) >= 11 is 0. The molecule has 0 aliphatic heterocycles. The van der Waals surface area contributed by atoms with Crippen LogP contribution < -0.4 is 10.2 Å². The van der Waals surface area contributed by atoms with Crippen LogP contribution in [0.2, 0.25) is 0 Å². The molecule has 0 unspecified atom stereocenters. The molecule has 102 valence electrons. The van der Waals surface area contributed by atoms with Gasteiger partial charge in [0.2, 0.25) is 0 Å². The fourth-order valence-corrected chi connectivity index (χ4v) is 1.84. The van der Waals surface area contributed by atoms with E-state index in [1.807, 2.05) is 13.2 Å². The molecule has 18 heavy (non-hydrogen) atoms. The van der Waals surface area contributed by atoms with Crippen LogP contribution in [0.5, 0.6) is 0 Å². The SMILES string of the molecule is CNc1cc(N(CCN(C)C)CC(C)C)ccn1. The Morgan fingerprint density at radius 2 is 2.00 bits per heavy atom. The minimum absolute atomic E-state index is 0.651. The maximum atomic E-state index is 4.27. The quantitative estimate of drug-likeness (QED) is 0.803. The second kappa shape index (κ2) is 7.21. The first-order valence-corrected chi connectivity index (χ1v) is 6.56. The van der Waals surface area contributed by atoms with Gasteiger partial charge >= 0.3 is 0 Å². The van der Waals surface area contributed by atoms with Crippen molar-refractivity contribution in [3.63, 3.8) is 0 Å². The van der Waals surface area contributed by atoms with Crippen LogP contribution in [0, 0.1) is 5.92 Å². The molecular weight excluding hydrogens is 224 g/mol. The van der Waals surface area contributed by atoms with Crippen molar-refractivity contribution >= 4 is 11.5 Å². The van der Waals surface area contributed by atoms with E-state index in [0.717, 1.165) is 25.5 Å². The molecular formula is C14H26N4. The predicted molar refractivity (Wildman–Crippen MR) is 79.4 cm³/mol. The zero-order chi connectivity index (χ0) is 13.5. The number of hydrogen-bond acceptors (Lipinski definition) is 4. The molecule has 0 saturated carbocycles. The van der Waals surface area contributed by atoms with E-state index in [2.05, 4.69) is 60.2 Å². The molecule has 0 radical (unpaired) electrons. The summed E-state index contributed by atoms with van der Waals surface area (Å²) in [5.41, 5.74) is 1.24. The molecule has 0 atom stereocenters. The first-order valence-electron chi connectivity index (χ1n) is 6.56. The number of nitrogens with zero attached hydrogens (tertiary/aromatic N) is 3. The normalized spacial score (nSPS) is 11.1. The van der Waals surface area contributed by atoms with Crippen LogP contribution in [0.25, 0.3) is 0 Å². The number of rotatable bonds is 7. The highest BCUT2D eigenvalue weighted by atomic mass is 15.2. The van der Waals surface area contributed by atoms with Crippen molar-refractivity contribution in [1.82, 2.24) is 9.88 Å². The second-order valence-corrected chi connectivity index (χ2v) is 5.29. The van der Waals surface area contributed by atoms with Gasteiger partial charge in [0.05, 0.1) is 0 Å². The first kappa shape index (κ1) is 14.8. The van der Waals surface area contributed by atoms with Crippen molar-refractivity contribution in [2.75, 3.05) is 51.0 Å². The Bertz CT molecular complexity index is 349. The summed E-state index contributed by atoms with van der Waals surface area (Å²) in [5, 5.41) is 3.09. The highest BCUT2D eigenvalue weighted by Crippen LogP contribution is 2.18. The summed E-state index contributed by atoms with van der Waals surface area (Å²) in [6, 6.07) is 4.19. The molecule has 0 aromatic carbocycles. The van der Waals surface area contributed by atoms with Crippen molar-refractivity contribution in [3.05, 3.63) is 18.3 Å². The third-order valence-electron chi connectivity index (χ3n) is 2.77. The molecule has 1 rings (SSSR count). The predicted octanol–water partition coefficient (Wildman–Crippen LogP) is 2.15. The van der Waals surface area contributed by atoms with Gasteiger partial charge in [-0.1, -0.05) is 13.8 Å². The van der Waals surface area contributed by atoms with Crippen molar-refractivity contribution in [1.29, 1.82) is 0 Å². The van der Waals surface area contributed by atoms with Gasteiger partial charge in [-0.2, -0.15) is 0 Å². The molecule has 0 bridgehead atoms. The molecule has 0 aliphatic rings. The van der Waals surface area contributed by atoms with Crippen molar-refractivity contribution in [2.45, 2.75) is 13.8 Å². The van der Waals surface area contributed by atoms with E-state index in [-0.39, 0.29) is 0 Å². The molecule has 1 aromatic heterocycles. The molecule has 1 N–H and O–H groups in total. The van der Waals surface area contributed by atoms with E-state index in [1.165, 1.54) is 5.69 Å². The van der Waals surface area contributed by atoms with Gasteiger partial charge in [0.1, 0.15) is 5.82 Å². The Hall–Kier alpha value is -1.29. The molecule has 0 amide bonds. The maximum absolute atomic E-state index is 4.27. The summed E-state index contributed by atoms with van der Waals surface area (Å²) in [5.74, 6) is 1.57. The van der Waals surface area contributed by atoms with Gasteiger partial charge in [-0.15, -0.1) is 0 Å². The van der Waals surface area contributed by atoms with E-state index >= 15 is 0 Å². The molecule has 0 spiro atoms. The second-order valence-electron chi connectivity index (χ2n) is 5.29. The lowest BCUT2D eigenvalue weighted by Crippen LogP contribution is -2.34. The average Bonchev–Trinajstić information content (AvgIpc) is 2.34. The highest BCUT2D eigenvalue weighted by molar-refractivity contribution is 5.53. The Balaban J connectivity index is 2.79. The van der Waals surface area contributed by atoms with Gasteiger partial charge in [0.15, 0.2) is 0 Å². The number of pyridine rings is 1. The number of likely N-dealkylation sites (N-methyl/N-ethyl adjacent to an activating group) is 1. The number of anilines is 2. The van der Waals surface area contributed by atoms with Crippen molar-refractivity contribution in [3.8, 4) is 0 Å². The topological polar surface area (TPSA) is 31.4 Å². The summed E-state index contributed by atoms with van der Waals surface area (Å²) in [7, 11) is 6.12. The van der Waals surface area contributed by atoms with E-state index < -0.39 is 0 Å². The van der Waals surface area contributed by atoms with Crippen LogP contribution in [0.4, 0.5) is 11.5 Å². The molecule has 0 saturated heterocycles. The molecule has 1 aromatic rings. The number of nitrogens with one attached hydrogen (secondary N) is 1. The Morgan fingerprint density at radius 1 is 1.28 bits per heavy atom. The minimum Gasteiger partial charge on any atom is -0.373 e. The van der Waals surface area contributed by atoms with E-state index in [9.17, 15) is 0 Å². The van der Waals surface area contributed by atoms with Gasteiger partial charge in [-0.3, -0.25) is 0 Å². The van der Waals surface area contributed by atoms with Crippen molar-refractivity contribution in [2.24, 2.45) is 5.92 Å². The Labute approximate surface area is 111 Å². The number of hydrogen-bond donors (Lipinski definition) is 1. The monoisotopic (exact) mass is 250 g/mol. The molecule has 4 heteroatoms. The fourth-order valence-electron chi connectivity index (χ4n) is 1.84. The smallest absolute Gasteiger partial charge is 0.127 e. The Kier molecular flexibility index (Phi) is 5.92. The molecule has 4 nitrogen and oxygen atoms in total. The van der Waals surface area contributed by atoms with Crippen LogP contribution in [-0.2, 0) is 0 Å². The zero-order valence-electron chi connectivity index (χ0n) is 12.3. The van der Waals surface area contributed by atoms with Crippen molar-refractivity contribution < 1.29 is 0 Å². The van der Waals surface area contributed by atoms with Crippen LogP contribution in [-0.4, -0.2) is 50.7 Å². The lowest BCUT2D eigenvalue weighted by molar-refractivity contribution is 0.409. The van der Waals surface area contributed by atoms with Gasteiger partial charge in [0.25, 0.3) is 0 Å². The average molecular weight is 250 g/mol. The van der Waals surface area contributed by atoms with Crippen LogP contribution in [0.3, 0.4) is 0 Å². The molecule has 0 fully saturated rings. The van der Waals surface area contributed by atoms with E-state index in [1.54, 1.807) is 0 Å². The first-order chi connectivity index (χ1) is 8.52. The van der Waals surface area contributed by atoms with Gasteiger partial charge in [-0.25, -0.2) is 4.98 Å². The third-order valence-corrected chi connectivity index (χ3v) is 2.77. The maximum Gasteiger partial charge on any atom is 0.127 e. The summed E-state index contributed by atoms with van der Waals surface area (Å²) in [6.45, 7) is 7.68. The summed E-state index contributed by atoms with van der Waals surface area (Å²) in [6.07, 6.45) is 1.87. The van der Waals surface area contributed by atoms with Crippen LogP contribution in [0.1, 0.15) is 13.8 Å². The number of aromatic nitrogens is 1. The van der Waals surface area contributed by atoms with Gasteiger partial charge in [-0.05, 0) is 26.1 Å². The lowest BCUT2D eigenvalue weighted by Gasteiger charge is -2.28. The summed E-state index contributed by atoms with van der Waals surface area (Å²) in [4.78, 5) is 8.91. The van der Waals surface area contributed by atoms with Crippen LogP contribution >= 0.6 is 0 Å². The van der Waals surface area contributed by atoms with E-state index in [0.29, 0.717) is 5.92 Å². The standard InChI is InChI=1S/C14H26N4/c1-12(2)11-18(9-8-17(4)5)13-6-7-16-14(10-13)15-3/h6-7,10,12H,8-9,11H2,1-5H3,(H,15,16).